The van der Waals surface area contributed by atoms with Crippen molar-refractivity contribution in [2.24, 2.45) is 5.10 Å². The molecule has 1 aliphatic heterocycles. The highest BCUT2D eigenvalue weighted by Gasteiger charge is 2.23. The summed E-state index contributed by atoms with van der Waals surface area (Å²) in [6.45, 7) is 3.12. The van der Waals surface area contributed by atoms with Gasteiger partial charge >= 0.3 is 0 Å². The van der Waals surface area contributed by atoms with E-state index in [0.29, 0.717) is 59.7 Å². The van der Waals surface area contributed by atoms with Crippen molar-refractivity contribution in [2.75, 3.05) is 41.2 Å². The number of nitrogens with one attached hydrogen (secondary N) is 1. The van der Waals surface area contributed by atoms with E-state index in [9.17, 15) is 4.79 Å². The van der Waals surface area contributed by atoms with Crippen LogP contribution >= 0.6 is 0 Å². The highest BCUT2D eigenvalue weighted by molar-refractivity contribution is 5.86. The molecule has 1 atom stereocenters. The maximum atomic E-state index is 12.7. The molecule has 0 fully saturated rings. The molecule has 1 unspecified atom stereocenters. The van der Waals surface area contributed by atoms with Crippen LogP contribution in [0, 0.1) is 0 Å². The molecule has 1 aliphatic rings. The van der Waals surface area contributed by atoms with E-state index in [0.717, 1.165) is 0 Å². The van der Waals surface area contributed by atoms with Gasteiger partial charge in [-0.25, -0.2) is 5.43 Å². The summed E-state index contributed by atoms with van der Waals surface area (Å²) in [4.78, 5) is 12.7. The molecule has 0 aromatic heterocycles. The molecular formula is C22H26N2O7. The highest BCUT2D eigenvalue weighted by atomic mass is 16.6. The lowest BCUT2D eigenvalue weighted by Gasteiger charge is -2.21. The minimum absolute atomic E-state index is 0.350. The molecule has 0 aliphatic carbocycles. The van der Waals surface area contributed by atoms with E-state index < -0.39 is 12.0 Å². The second-order valence-corrected chi connectivity index (χ2v) is 6.43. The number of carbonyl (C=O) groups is 1. The highest BCUT2D eigenvalue weighted by Crippen LogP contribution is 2.38. The monoisotopic (exact) mass is 430 g/mol. The Hall–Kier alpha value is -3.46. The molecule has 0 radical (unpaired) electrons. The SMILES string of the molecule is CCOC(C(=O)NN=Cc1cc(OC)c(OC)c(OC)c1)c1ccc2c(c1)OCCO2. The fourth-order valence-corrected chi connectivity index (χ4v) is 3.12. The number of nitrogens with zero attached hydrogens (tertiary/aromatic N) is 1. The number of fused-ring (bicyclic) bond motifs is 1. The van der Waals surface area contributed by atoms with Crippen molar-refractivity contribution in [1.29, 1.82) is 0 Å². The summed E-state index contributed by atoms with van der Waals surface area (Å²) < 4.78 is 32.7. The number of carbonyl (C=O) groups excluding carboxylic acids is 1. The zero-order valence-electron chi connectivity index (χ0n) is 18.0. The lowest BCUT2D eigenvalue weighted by atomic mass is 10.1. The summed E-state index contributed by atoms with van der Waals surface area (Å²) in [5, 5.41) is 4.05. The van der Waals surface area contributed by atoms with E-state index in [4.69, 9.17) is 28.4 Å². The molecule has 1 N–H and O–H groups in total. The van der Waals surface area contributed by atoms with Gasteiger partial charge in [-0.05, 0) is 36.8 Å². The Labute approximate surface area is 180 Å². The van der Waals surface area contributed by atoms with Crippen molar-refractivity contribution in [3.63, 3.8) is 0 Å². The third kappa shape index (κ3) is 5.18. The van der Waals surface area contributed by atoms with Crippen molar-refractivity contribution in [1.82, 2.24) is 5.43 Å². The van der Waals surface area contributed by atoms with E-state index in [1.807, 2.05) is 6.92 Å². The Kier molecular flexibility index (Phi) is 7.55. The number of hydrogen-bond acceptors (Lipinski definition) is 8. The van der Waals surface area contributed by atoms with Crippen LogP contribution in [0.15, 0.2) is 35.4 Å². The molecular weight excluding hydrogens is 404 g/mol. The van der Waals surface area contributed by atoms with E-state index in [2.05, 4.69) is 10.5 Å². The number of ether oxygens (including phenoxy) is 6. The van der Waals surface area contributed by atoms with Gasteiger partial charge in [-0.2, -0.15) is 5.10 Å². The van der Waals surface area contributed by atoms with Crippen LogP contribution in [0.5, 0.6) is 28.7 Å². The first-order valence-corrected chi connectivity index (χ1v) is 9.75. The van der Waals surface area contributed by atoms with Gasteiger partial charge in [0.2, 0.25) is 5.75 Å². The van der Waals surface area contributed by atoms with E-state index >= 15 is 0 Å². The van der Waals surface area contributed by atoms with Crippen LogP contribution in [0.2, 0.25) is 0 Å². The fourth-order valence-electron chi connectivity index (χ4n) is 3.12. The smallest absolute Gasteiger partial charge is 0.273 e. The molecule has 9 heteroatoms. The molecule has 0 spiro atoms. The number of hydrazone groups is 1. The number of hydrogen-bond donors (Lipinski definition) is 1. The van der Waals surface area contributed by atoms with Gasteiger partial charge in [0.25, 0.3) is 5.91 Å². The van der Waals surface area contributed by atoms with Crippen molar-refractivity contribution in [2.45, 2.75) is 13.0 Å². The zero-order valence-corrected chi connectivity index (χ0v) is 18.0. The maximum absolute atomic E-state index is 12.7. The van der Waals surface area contributed by atoms with Gasteiger partial charge < -0.3 is 28.4 Å². The summed E-state index contributed by atoms with van der Waals surface area (Å²) >= 11 is 0. The molecule has 31 heavy (non-hydrogen) atoms. The second-order valence-electron chi connectivity index (χ2n) is 6.43. The minimum Gasteiger partial charge on any atom is -0.493 e. The number of rotatable bonds is 9. The Bertz CT molecular complexity index is 920. The normalized spacial score (nSPS) is 13.5. The van der Waals surface area contributed by atoms with Gasteiger partial charge in [-0.1, -0.05) is 6.07 Å². The van der Waals surface area contributed by atoms with Gasteiger partial charge in [0.15, 0.2) is 29.1 Å². The van der Waals surface area contributed by atoms with Crippen LogP contribution in [-0.2, 0) is 9.53 Å². The van der Waals surface area contributed by atoms with Crippen molar-refractivity contribution in [3.05, 3.63) is 41.5 Å². The fraction of sp³-hybridized carbons (Fsp3) is 0.364. The summed E-state index contributed by atoms with van der Waals surface area (Å²) in [6.07, 6.45) is 0.632. The topological polar surface area (TPSA) is 96.8 Å². The molecule has 1 amide bonds. The molecule has 2 aromatic carbocycles. The lowest BCUT2D eigenvalue weighted by molar-refractivity contribution is -0.133. The van der Waals surface area contributed by atoms with Gasteiger partial charge in [0.05, 0.1) is 27.5 Å². The zero-order chi connectivity index (χ0) is 22.2. The van der Waals surface area contributed by atoms with Crippen LogP contribution in [0.3, 0.4) is 0 Å². The quantitative estimate of drug-likeness (QED) is 0.483. The van der Waals surface area contributed by atoms with Crippen LogP contribution in [0.25, 0.3) is 0 Å². The Balaban J connectivity index is 1.75. The average Bonchev–Trinajstić information content (AvgIpc) is 2.81. The predicted octanol–water partition coefficient (Wildman–Crippen LogP) is 2.71. The maximum Gasteiger partial charge on any atom is 0.273 e. The summed E-state index contributed by atoms with van der Waals surface area (Å²) in [5.41, 5.74) is 3.82. The molecule has 0 saturated carbocycles. The first kappa shape index (κ1) is 22.2. The molecule has 9 nitrogen and oxygen atoms in total. The Morgan fingerprint density at radius 2 is 1.74 bits per heavy atom. The first-order chi connectivity index (χ1) is 15.1. The van der Waals surface area contributed by atoms with Crippen LogP contribution in [0.4, 0.5) is 0 Å². The summed E-state index contributed by atoms with van der Waals surface area (Å²) in [6, 6.07) is 8.73. The molecule has 3 rings (SSSR count). The van der Waals surface area contributed by atoms with Gasteiger partial charge in [-0.15, -0.1) is 0 Å². The van der Waals surface area contributed by atoms with E-state index in [1.165, 1.54) is 27.5 Å². The van der Waals surface area contributed by atoms with E-state index in [-0.39, 0.29) is 0 Å². The average molecular weight is 430 g/mol. The largest absolute Gasteiger partial charge is 0.493 e. The van der Waals surface area contributed by atoms with Crippen LogP contribution in [0.1, 0.15) is 24.2 Å². The van der Waals surface area contributed by atoms with Crippen molar-refractivity contribution in [3.8, 4) is 28.7 Å². The minimum atomic E-state index is -0.849. The van der Waals surface area contributed by atoms with Crippen LogP contribution < -0.4 is 29.1 Å². The standard InChI is InChI=1S/C22H26N2O7/c1-5-29-20(15-6-7-16-17(12-15)31-9-8-30-16)22(25)24-23-13-14-10-18(26-2)21(28-4)19(11-14)27-3/h6-7,10-13,20H,5,8-9H2,1-4H3,(H,24,25). The van der Waals surface area contributed by atoms with Crippen LogP contribution in [-0.4, -0.2) is 53.3 Å². The number of amides is 1. The first-order valence-electron chi connectivity index (χ1n) is 9.75. The lowest BCUT2D eigenvalue weighted by Crippen LogP contribution is -2.27. The molecule has 166 valence electrons. The van der Waals surface area contributed by atoms with Gasteiger partial charge in [0, 0.05) is 12.2 Å². The predicted molar refractivity (Wildman–Crippen MR) is 114 cm³/mol. The molecule has 0 saturated heterocycles. The second kappa shape index (κ2) is 10.5. The molecule has 1 heterocycles. The third-order valence-electron chi connectivity index (χ3n) is 4.52. The third-order valence-corrected chi connectivity index (χ3v) is 4.52. The van der Waals surface area contributed by atoms with Crippen molar-refractivity contribution < 1.29 is 33.2 Å². The molecule has 2 aromatic rings. The summed E-state index contributed by atoms with van der Waals surface area (Å²) in [5.74, 6) is 2.26. The van der Waals surface area contributed by atoms with Gasteiger partial charge in [0.1, 0.15) is 13.2 Å². The Morgan fingerprint density at radius 1 is 1.06 bits per heavy atom. The summed E-state index contributed by atoms with van der Waals surface area (Å²) in [7, 11) is 4.58. The molecule has 0 bridgehead atoms. The number of benzene rings is 2. The number of methoxy groups -OCH3 is 3. The van der Waals surface area contributed by atoms with E-state index in [1.54, 1.807) is 30.3 Å². The van der Waals surface area contributed by atoms with Crippen molar-refractivity contribution >= 4 is 12.1 Å². The van der Waals surface area contributed by atoms with Gasteiger partial charge in [-0.3, -0.25) is 4.79 Å². The Morgan fingerprint density at radius 3 is 2.35 bits per heavy atom.